The molecule has 2 amide bonds. The maximum Gasteiger partial charge on any atom is 0.266 e. The smallest absolute Gasteiger partial charge is 0.266 e. The van der Waals surface area contributed by atoms with Crippen molar-refractivity contribution in [1.29, 1.82) is 0 Å². The molecule has 0 bridgehead atoms. The Balaban J connectivity index is 1.59. The van der Waals surface area contributed by atoms with Crippen LogP contribution in [0.15, 0.2) is 58.1 Å². The van der Waals surface area contributed by atoms with E-state index in [1.54, 1.807) is 18.2 Å². The van der Waals surface area contributed by atoms with E-state index < -0.39 is 0 Å². The fraction of sp³-hybridized carbons (Fsp3) is 0.118. The molecule has 5 nitrogen and oxygen atoms in total. The molecule has 2 heterocycles. The van der Waals surface area contributed by atoms with Gasteiger partial charge in [-0.1, -0.05) is 54.3 Å². The highest BCUT2D eigenvalue weighted by Gasteiger charge is 2.33. The van der Waals surface area contributed by atoms with E-state index >= 15 is 0 Å². The maximum absolute atomic E-state index is 12.4. The third-order valence-corrected chi connectivity index (χ3v) is 4.70. The number of furan rings is 1. The summed E-state index contributed by atoms with van der Waals surface area (Å²) in [6.45, 7) is 0.323. The molecule has 7 heteroatoms. The third-order valence-electron chi connectivity index (χ3n) is 3.32. The van der Waals surface area contributed by atoms with Crippen molar-refractivity contribution in [2.24, 2.45) is 0 Å². The first-order chi connectivity index (χ1) is 11.6. The molecule has 1 fully saturated rings. The normalized spacial score (nSPS) is 16.0. The van der Waals surface area contributed by atoms with Gasteiger partial charge in [0, 0.05) is 12.6 Å². The standard InChI is InChI=1S/C17H14N2O3S2/c20-15(18-10-12-5-2-1-3-6-12)11-19-16(21)14(24-17(19)23)9-13-7-4-8-22-13/h1-9H,10-11H2,(H,18,20)/b14-9-. The van der Waals surface area contributed by atoms with Crippen LogP contribution in [0.25, 0.3) is 6.08 Å². The van der Waals surface area contributed by atoms with Crippen LogP contribution in [0.2, 0.25) is 0 Å². The van der Waals surface area contributed by atoms with E-state index in [0.717, 1.165) is 5.56 Å². The second kappa shape index (κ2) is 7.46. The molecule has 1 N–H and O–H groups in total. The number of benzene rings is 1. The fourth-order valence-corrected chi connectivity index (χ4v) is 3.37. The molecule has 122 valence electrons. The van der Waals surface area contributed by atoms with Crippen LogP contribution in [-0.4, -0.2) is 27.6 Å². The van der Waals surface area contributed by atoms with Gasteiger partial charge in [-0.05, 0) is 17.7 Å². The molecule has 3 rings (SSSR count). The van der Waals surface area contributed by atoms with Crippen molar-refractivity contribution in [1.82, 2.24) is 10.2 Å². The van der Waals surface area contributed by atoms with E-state index in [2.05, 4.69) is 5.32 Å². The Morgan fingerprint density at radius 3 is 2.75 bits per heavy atom. The molecule has 0 aliphatic carbocycles. The van der Waals surface area contributed by atoms with Crippen molar-refractivity contribution in [2.75, 3.05) is 6.54 Å². The summed E-state index contributed by atoms with van der Waals surface area (Å²) in [6.07, 6.45) is 3.16. The molecule has 1 saturated heterocycles. The van der Waals surface area contributed by atoms with Crippen molar-refractivity contribution < 1.29 is 14.0 Å². The zero-order valence-corrected chi connectivity index (χ0v) is 14.2. The van der Waals surface area contributed by atoms with Crippen LogP contribution in [0.4, 0.5) is 0 Å². The van der Waals surface area contributed by atoms with Gasteiger partial charge in [0.25, 0.3) is 5.91 Å². The van der Waals surface area contributed by atoms with Crippen molar-refractivity contribution in [2.45, 2.75) is 6.54 Å². The molecule has 2 aromatic rings. The minimum absolute atomic E-state index is 0.0903. The fourth-order valence-electron chi connectivity index (χ4n) is 2.13. The van der Waals surface area contributed by atoms with Crippen molar-refractivity contribution >= 4 is 46.2 Å². The zero-order valence-electron chi connectivity index (χ0n) is 12.6. The van der Waals surface area contributed by atoms with Gasteiger partial charge in [-0.3, -0.25) is 14.5 Å². The Morgan fingerprint density at radius 1 is 1.25 bits per heavy atom. The highest BCUT2D eigenvalue weighted by atomic mass is 32.2. The average molecular weight is 358 g/mol. The first-order valence-corrected chi connectivity index (χ1v) is 8.45. The predicted octanol–water partition coefficient (Wildman–Crippen LogP) is 2.80. The predicted molar refractivity (Wildman–Crippen MR) is 96.9 cm³/mol. The topological polar surface area (TPSA) is 62.6 Å². The summed E-state index contributed by atoms with van der Waals surface area (Å²) in [6, 6.07) is 13.1. The van der Waals surface area contributed by atoms with E-state index in [4.69, 9.17) is 16.6 Å². The lowest BCUT2D eigenvalue weighted by atomic mass is 10.2. The monoisotopic (exact) mass is 358 g/mol. The van der Waals surface area contributed by atoms with Gasteiger partial charge in [-0.25, -0.2) is 0 Å². The van der Waals surface area contributed by atoms with Gasteiger partial charge in [0.2, 0.25) is 5.91 Å². The summed E-state index contributed by atoms with van der Waals surface area (Å²) in [5.74, 6) is 0.0368. The number of nitrogens with zero attached hydrogens (tertiary/aromatic N) is 1. The minimum atomic E-state index is -0.281. The summed E-state index contributed by atoms with van der Waals surface area (Å²) in [5, 5.41) is 2.79. The lowest BCUT2D eigenvalue weighted by molar-refractivity contribution is -0.128. The Labute approximate surface area is 148 Å². The van der Waals surface area contributed by atoms with E-state index in [1.165, 1.54) is 22.9 Å². The van der Waals surface area contributed by atoms with Gasteiger partial charge >= 0.3 is 0 Å². The van der Waals surface area contributed by atoms with Gasteiger partial charge in [0.15, 0.2) is 0 Å². The highest BCUT2D eigenvalue weighted by molar-refractivity contribution is 8.26. The third kappa shape index (κ3) is 3.93. The first kappa shape index (κ1) is 16.5. The Bertz CT molecular complexity index is 785. The van der Waals surface area contributed by atoms with Crippen molar-refractivity contribution in [3.05, 3.63) is 65.0 Å². The summed E-state index contributed by atoms with van der Waals surface area (Å²) in [7, 11) is 0. The molecular formula is C17H14N2O3S2. The molecule has 24 heavy (non-hydrogen) atoms. The number of rotatable bonds is 5. The van der Waals surface area contributed by atoms with Crippen LogP contribution in [0.5, 0.6) is 0 Å². The van der Waals surface area contributed by atoms with Crippen molar-refractivity contribution in [3.63, 3.8) is 0 Å². The van der Waals surface area contributed by atoms with E-state index in [1.807, 2.05) is 30.3 Å². The van der Waals surface area contributed by atoms with Crippen LogP contribution in [-0.2, 0) is 16.1 Å². The van der Waals surface area contributed by atoms with Crippen LogP contribution >= 0.6 is 24.0 Å². The average Bonchev–Trinajstić information content (AvgIpc) is 3.18. The number of carbonyl (C=O) groups is 2. The van der Waals surface area contributed by atoms with Crippen LogP contribution in [0.3, 0.4) is 0 Å². The molecular weight excluding hydrogens is 344 g/mol. The Morgan fingerprint density at radius 2 is 2.04 bits per heavy atom. The number of hydrogen-bond donors (Lipinski definition) is 1. The number of carbonyl (C=O) groups excluding carboxylic acids is 2. The zero-order chi connectivity index (χ0) is 16.9. The lowest BCUT2D eigenvalue weighted by Gasteiger charge is -2.14. The molecule has 1 aromatic heterocycles. The van der Waals surface area contributed by atoms with E-state index in [-0.39, 0.29) is 18.4 Å². The number of thiocarbonyl (C=S) groups is 1. The first-order valence-electron chi connectivity index (χ1n) is 7.23. The van der Waals surface area contributed by atoms with E-state index in [9.17, 15) is 9.59 Å². The Kier molecular flexibility index (Phi) is 5.12. The molecule has 0 atom stereocenters. The Hall–Kier alpha value is -2.38. The summed E-state index contributed by atoms with van der Waals surface area (Å²) in [5.41, 5.74) is 0.994. The van der Waals surface area contributed by atoms with Gasteiger partial charge in [0.1, 0.15) is 16.6 Å². The highest BCUT2D eigenvalue weighted by Crippen LogP contribution is 2.32. The maximum atomic E-state index is 12.4. The summed E-state index contributed by atoms with van der Waals surface area (Å²) >= 11 is 6.37. The van der Waals surface area contributed by atoms with Gasteiger partial charge in [0.05, 0.1) is 11.2 Å². The number of amides is 2. The number of thioether (sulfide) groups is 1. The quantitative estimate of drug-likeness (QED) is 0.658. The van der Waals surface area contributed by atoms with Crippen molar-refractivity contribution in [3.8, 4) is 0 Å². The molecule has 0 unspecified atom stereocenters. The molecule has 0 radical (unpaired) electrons. The molecule has 0 spiro atoms. The number of nitrogens with one attached hydrogen (secondary N) is 1. The van der Waals surface area contributed by atoms with Gasteiger partial charge in [-0.15, -0.1) is 0 Å². The van der Waals surface area contributed by atoms with Gasteiger partial charge in [-0.2, -0.15) is 0 Å². The van der Waals surface area contributed by atoms with Crippen LogP contribution in [0.1, 0.15) is 11.3 Å². The summed E-state index contributed by atoms with van der Waals surface area (Å²) in [4.78, 5) is 26.2. The molecule has 0 saturated carbocycles. The molecule has 1 aromatic carbocycles. The second-order valence-corrected chi connectivity index (χ2v) is 6.72. The largest absolute Gasteiger partial charge is 0.465 e. The minimum Gasteiger partial charge on any atom is -0.465 e. The summed E-state index contributed by atoms with van der Waals surface area (Å²) < 4.78 is 5.57. The number of hydrogen-bond acceptors (Lipinski definition) is 5. The molecule has 1 aliphatic rings. The second-order valence-electron chi connectivity index (χ2n) is 5.05. The van der Waals surface area contributed by atoms with Crippen LogP contribution in [0, 0.1) is 0 Å². The van der Waals surface area contributed by atoms with E-state index in [0.29, 0.717) is 21.5 Å². The van der Waals surface area contributed by atoms with Crippen LogP contribution < -0.4 is 5.32 Å². The SMILES string of the molecule is O=C(CN1C(=O)/C(=C/c2ccco2)SC1=S)NCc1ccccc1. The molecule has 1 aliphatic heterocycles. The van der Waals surface area contributed by atoms with Gasteiger partial charge < -0.3 is 9.73 Å². The lowest BCUT2D eigenvalue weighted by Crippen LogP contribution is -2.39.